The molecule has 0 spiro atoms. The Morgan fingerprint density at radius 1 is 0.375 bits per heavy atom. The molecule has 228 valence electrons. The van der Waals surface area contributed by atoms with Crippen molar-refractivity contribution in [3.05, 3.63) is 71.8 Å². The van der Waals surface area contributed by atoms with Crippen LogP contribution in [0.1, 0.15) is 167 Å². The highest BCUT2D eigenvalue weighted by Crippen LogP contribution is 2.18. The highest BCUT2D eigenvalue weighted by molar-refractivity contribution is 5.15. The van der Waals surface area contributed by atoms with Crippen LogP contribution in [0, 0.1) is 11.8 Å². The molecule has 0 bridgehead atoms. The first-order chi connectivity index (χ1) is 19.7. The Morgan fingerprint density at radius 3 is 0.950 bits per heavy atom. The van der Waals surface area contributed by atoms with Gasteiger partial charge in [0, 0.05) is 0 Å². The molecule has 0 nitrogen and oxygen atoms in total. The van der Waals surface area contributed by atoms with E-state index in [4.69, 9.17) is 0 Å². The Morgan fingerprint density at radius 2 is 0.650 bits per heavy atom. The van der Waals surface area contributed by atoms with Crippen LogP contribution < -0.4 is 0 Å². The highest BCUT2D eigenvalue weighted by Gasteiger charge is 2.04. The van der Waals surface area contributed by atoms with Gasteiger partial charge in [-0.3, -0.25) is 0 Å². The second-order valence-electron chi connectivity index (χ2n) is 12.8. The highest BCUT2D eigenvalue weighted by atomic mass is 14.1. The second kappa shape index (κ2) is 27.6. The maximum Gasteiger partial charge on any atom is -0.0253 e. The Balaban J connectivity index is 0.000000400. The number of unbranched alkanes of at least 4 members (excludes halogenated alkanes) is 16. The summed E-state index contributed by atoms with van der Waals surface area (Å²) in [6.07, 6.45) is 31.1. The Bertz CT molecular complexity index is 668. The van der Waals surface area contributed by atoms with Gasteiger partial charge >= 0.3 is 0 Å². The first-order valence-corrected chi connectivity index (χ1v) is 17.7. The van der Waals surface area contributed by atoms with Gasteiger partial charge in [-0.05, 0) is 35.8 Å². The van der Waals surface area contributed by atoms with E-state index in [9.17, 15) is 0 Å². The molecular weight excluding hydrogens is 480 g/mol. The second-order valence-corrected chi connectivity index (χ2v) is 12.8. The largest absolute Gasteiger partial charge is 0.0654 e. The number of benzene rings is 2. The fourth-order valence-electron chi connectivity index (χ4n) is 5.84. The van der Waals surface area contributed by atoms with Crippen molar-refractivity contribution in [3.8, 4) is 0 Å². The van der Waals surface area contributed by atoms with Crippen LogP contribution in [-0.4, -0.2) is 0 Å². The molecule has 40 heavy (non-hydrogen) atoms. The zero-order valence-electron chi connectivity index (χ0n) is 27.5. The molecule has 0 aromatic heterocycles. The van der Waals surface area contributed by atoms with Crippen molar-refractivity contribution in [1.29, 1.82) is 0 Å². The third kappa shape index (κ3) is 23.2. The topological polar surface area (TPSA) is 0 Å². The van der Waals surface area contributed by atoms with Gasteiger partial charge in [0.15, 0.2) is 0 Å². The maximum absolute atomic E-state index is 2.40. The van der Waals surface area contributed by atoms with E-state index < -0.39 is 0 Å². The van der Waals surface area contributed by atoms with Crippen LogP contribution in [0.25, 0.3) is 0 Å². The van der Waals surface area contributed by atoms with E-state index in [0.717, 1.165) is 11.8 Å². The number of hydrogen-bond acceptors (Lipinski definition) is 0. The molecule has 0 saturated carbocycles. The Labute approximate surface area is 252 Å². The number of hydrogen-bond donors (Lipinski definition) is 0. The van der Waals surface area contributed by atoms with Crippen LogP contribution in [0.2, 0.25) is 0 Å². The van der Waals surface area contributed by atoms with Gasteiger partial charge in [-0.2, -0.15) is 0 Å². The normalized spacial score (nSPS) is 12.5. The molecule has 0 heterocycles. The third-order valence-electron chi connectivity index (χ3n) is 8.45. The summed E-state index contributed by atoms with van der Waals surface area (Å²) >= 11 is 0. The van der Waals surface area contributed by atoms with E-state index in [2.05, 4.69) is 88.4 Å². The van der Waals surface area contributed by atoms with E-state index in [-0.39, 0.29) is 0 Å². The maximum atomic E-state index is 2.40. The monoisotopic (exact) mass is 549 g/mol. The quantitative estimate of drug-likeness (QED) is 0.114. The molecule has 0 aliphatic carbocycles. The summed E-state index contributed by atoms with van der Waals surface area (Å²) in [5, 5.41) is 0. The minimum Gasteiger partial charge on any atom is -0.0654 e. The lowest BCUT2D eigenvalue weighted by atomic mass is 9.95. The van der Waals surface area contributed by atoms with Gasteiger partial charge in [0.25, 0.3) is 0 Å². The van der Waals surface area contributed by atoms with Gasteiger partial charge in [-0.25, -0.2) is 0 Å². The first kappa shape index (κ1) is 36.5. The lowest BCUT2D eigenvalue weighted by Crippen LogP contribution is -1.99. The molecule has 0 saturated heterocycles. The standard InChI is InChI=1S/2C20H34/c2*1-3-4-5-6-7-8-9-10-12-15-19(2)18-20-16-13-11-14-17-20/h2*11,13-14,16-17,19H,3-10,12,15,18H2,1-2H3. The van der Waals surface area contributed by atoms with Gasteiger partial charge in [0.05, 0.1) is 0 Å². The van der Waals surface area contributed by atoms with Crippen LogP contribution in [0.4, 0.5) is 0 Å². The molecular formula is C40H68. The van der Waals surface area contributed by atoms with Crippen LogP contribution in [0.5, 0.6) is 0 Å². The molecule has 2 atom stereocenters. The van der Waals surface area contributed by atoms with Gasteiger partial charge < -0.3 is 0 Å². The first-order valence-electron chi connectivity index (χ1n) is 17.7. The van der Waals surface area contributed by atoms with E-state index in [1.54, 1.807) is 0 Å². The van der Waals surface area contributed by atoms with Gasteiger partial charge in [-0.1, -0.05) is 217 Å². The van der Waals surface area contributed by atoms with Crippen LogP contribution in [0.3, 0.4) is 0 Å². The van der Waals surface area contributed by atoms with Crippen molar-refractivity contribution >= 4 is 0 Å². The third-order valence-corrected chi connectivity index (χ3v) is 8.45. The van der Waals surface area contributed by atoms with Gasteiger partial charge in [0.1, 0.15) is 0 Å². The van der Waals surface area contributed by atoms with Crippen LogP contribution in [0.15, 0.2) is 60.7 Å². The van der Waals surface area contributed by atoms with Crippen molar-refractivity contribution < 1.29 is 0 Å². The fraction of sp³-hybridized carbons (Fsp3) is 0.700. The summed E-state index contributed by atoms with van der Waals surface area (Å²) in [6, 6.07) is 21.9. The van der Waals surface area contributed by atoms with E-state index in [1.807, 2.05) is 0 Å². The SMILES string of the molecule is CCCCCCCCCCCC(C)Cc1ccccc1.CCCCCCCCCCCC(C)Cc1ccccc1. The molecule has 0 N–H and O–H groups in total. The lowest BCUT2D eigenvalue weighted by Gasteiger charge is -2.11. The summed E-state index contributed by atoms with van der Waals surface area (Å²) in [5.41, 5.74) is 2.99. The molecule has 2 rings (SSSR count). The summed E-state index contributed by atoms with van der Waals surface area (Å²) in [4.78, 5) is 0. The summed E-state index contributed by atoms with van der Waals surface area (Å²) < 4.78 is 0. The minimum atomic E-state index is 0.835. The van der Waals surface area contributed by atoms with Crippen molar-refractivity contribution in [3.63, 3.8) is 0 Å². The molecule has 0 aliphatic rings. The molecule has 2 unspecified atom stereocenters. The molecule has 0 fully saturated rings. The van der Waals surface area contributed by atoms with E-state index in [1.165, 1.54) is 152 Å². The molecule has 2 aromatic carbocycles. The van der Waals surface area contributed by atoms with E-state index in [0.29, 0.717) is 0 Å². The summed E-state index contributed by atoms with van der Waals surface area (Å²) in [6.45, 7) is 9.38. The summed E-state index contributed by atoms with van der Waals surface area (Å²) in [5.74, 6) is 1.67. The molecule has 0 radical (unpaired) electrons. The van der Waals surface area contributed by atoms with Crippen molar-refractivity contribution in [1.82, 2.24) is 0 Å². The predicted octanol–water partition coefficient (Wildman–Crippen LogP) is 13.6. The average Bonchev–Trinajstić information content (AvgIpc) is 2.97. The van der Waals surface area contributed by atoms with Gasteiger partial charge in [-0.15, -0.1) is 0 Å². The smallest absolute Gasteiger partial charge is 0.0253 e. The Kier molecular flexibility index (Phi) is 25.2. The average molecular weight is 549 g/mol. The van der Waals surface area contributed by atoms with Crippen molar-refractivity contribution in [2.75, 3.05) is 0 Å². The van der Waals surface area contributed by atoms with Crippen LogP contribution in [-0.2, 0) is 12.8 Å². The molecule has 0 heteroatoms. The zero-order chi connectivity index (χ0) is 28.9. The predicted molar refractivity (Wildman–Crippen MR) is 182 cm³/mol. The van der Waals surface area contributed by atoms with Gasteiger partial charge in [0.2, 0.25) is 0 Å². The van der Waals surface area contributed by atoms with E-state index >= 15 is 0 Å². The van der Waals surface area contributed by atoms with Crippen LogP contribution >= 0.6 is 0 Å². The fourth-order valence-corrected chi connectivity index (χ4v) is 5.84. The molecule has 2 aromatic rings. The molecule has 0 aliphatic heterocycles. The number of rotatable bonds is 24. The zero-order valence-corrected chi connectivity index (χ0v) is 27.5. The Hall–Kier alpha value is -1.56. The van der Waals surface area contributed by atoms with Crippen molar-refractivity contribution in [2.45, 2.75) is 169 Å². The van der Waals surface area contributed by atoms with Crippen molar-refractivity contribution in [2.24, 2.45) is 11.8 Å². The minimum absolute atomic E-state index is 0.835. The molecule has 0 amide bonds. The lowest BCUT2D eigenvalue weighted by molar-refractivity contribution is 0.478. The summed E-state index contributed by atoms with van der Waals surface area (Å²) in [7, 11) is 0.